The van der Waals surface area contributed by atoms with E-state index in [1.54, 1.807) is 0 Å². The number of alkyl halides is 3. The molecule has 0 amide bonds. The van der Waals surface area contributed by atoms with E-state index in [9.17, 15) is 22.8 Å². The second kappa shape index (κ2) is 3.14. The topological polar surface area (TPSA) is 75.1 Å². The molecule has 0 fully saturated rings. The van der Waals surface area contributed by atoms with Gasteiger partial charge in [-0.05, 0) is 6.92 Å². The number of aromatic amines is 1. The fourth-order valence-electron chi connectivity index (χ4n) is 1.03. The van der Waals surface area contributed by atoms with E-state index in [-0.39, 0.29) is 4.57 Å². The second-order valence-electron chi connectivity index (χ2n) is 3.01. The molecule has 1 heterocycles. The van der Waals surface area contributed by atoms with Crippen LogP contribution in [0.15, 0.2) is 17.2 Å². The Morgan fingerprint density at radius 1 is 1.53 bits per heavy atom. The molecule has 5 nitrogen and oxygen atoms in total. The largest absolute Gasteiger partial charge is 0.479 e. The minimum Gasteiger partial charge on any atom is -0.479 e. The number of H-pyrrole nitrogens is 1. The van der Waals surface area contributed by atoms with Crippen molar-refractivity contribution >= 4 is 5.97 Å². The lowest BCUT2D eigenvalue weighted by atomic mass is 10.0. The van der Waals surface area contributed by atoms with Crippen LogP contribution in [0.2, 0.25) is 0 Å². The molecule has 0 spiro atoms. The Labute approximate surface area is 81.1 Å². The number of rotatable bonds is 2. The molecule has 1 rings (SSSR count). The van der Waals surface area contributed by atoms with Gasteiger partial charge in [-0.15, -0.1) is 0 Å². The molecule has 0 aromatic carbocycles. The number of halogens is 3. The molecule has 0 aliphatic heterocycles. The number of nitrogens with zero attached hydrogens (tertiary/aromatic N) is 1. The van der Waals surface area contributed by atoms with Crippen LogP contribution in [0.3, 0.4) is 0 Å². The van der Waals surface area contributed by atoms with Gasteiger partial charge < -0.3 is 10.1 Å². The average molecular weight is 224 g/mol. The van der Waals surface area contributed by atoms with Crippen LogP contribution in [-0.2, 0) is 10.3 Å². The van der Waals surface area contributed by atoms with Crippen LogP contribution in [-0.4, -0.2) is 26.8 Å². The zero-order chi connectivity index (χ0) is 11.9. The lowest BCUT2D eigenvalue weighted by molar-refractivity contribution is -0.220. The van der Waals surface area contributed by atoms with E-state index in [1.165, 1.54) is 0 Å². The molecular formula is C7H7F3N2O3. The predicted octanol–water partition coefficient (Wildman–Crippen LogP) is 0.538. The van der Waals surface area contributed by atoms with Gasteiger partial charge in [-0.3, -0.25) is 4.57 Å². The first-order valence-corrected chi connectivity index (χ1v) is 3.78. The number of aliphatic carboxylic acids is 1. The molecule has 0 bridgehead atoms. The summed E-state index contributed by atoms with van der Waals surface area (Å²) in [5, 5.41) is 8.57. The van der Waals surface area contributed by atoms with Crippen LogP contribution in [0.1, 0.15) is 6.92 Å². The van der Waals surface area contributed by atoms with Crippen LogP contribution >= 0.6 is 0 Å². The molecule has 0 aliphatic carbocycles. The van der Waals surface area contributed by atoms with Crippen molar-refractivity contribution in [3.63, 3.8) is 0 Å². The Balaban J connectivity index is 3.45. The van der Waals surface area contributed by atoms with Gasteiger partial charge in [0.1, 0.15) is 0 Å². The van der Waals surface area contributed by atoms with Crippen LogP contribution in [0.4, 0.5) is 13.2 Å². The molecule has 0 saturated carbocycles. The van der Waals surface area contributed by atoms with Crippen molar-refractivity contribution in [3.05, 3.63) is 22.9 Å². The van der Waals surface area contributed by atoms with Gasteiger partial charge in [-0.2, -0.15) is 13.2 Å². The van der Waals surface area contributed by atoms with E-state index in [1.807, 2.05) is 4.98 Å². The van der Waals surface area contributed by atoms with Crippen molar-refractivity contribution in [2.45, 2.75) is 18.6 Å². The SMILES string of the molecule is CC(C(=O)O)(n1cc[nH]c1=O)C(F)(F)F. The molecule has 1 unspecified atom stereocenters. The van der Waals surface area contributed by atoms with Gasteiger partial charge in [0.25, 0.3) is 0 Å². The van der Waals surface area contributed by atoms with Gasteiger partial charge in [-0.1, -0.05) is 0 Å². The summed E-state index contributed by atoms with van der Waals surface area (Å²) in [5.74, 6) is -2.14. The van der Waals surface area contributed by atoms with E-state index in [0.29, 0.717) is 6.92 Å². The molecule has 1 aromatic heterocycles. The Kier molecular flexibility index (Phi) is 2.38. The average Bonchev–Trinajstić information content (AvgIpc) is 2.47. The van der Waals surface area contributed by atoms with Crippen molar-refractivity contribution in [1.82, 2.24) is 9.55 Å². The van der Waals surface area contributed by atoms with Crippen molar-refractivity contribution in [2.24, 2.45) is 0 Å². The van der Waals surface area contributed by atoms with E-state index in [4.69, 9.17) is 5.11 Å². The Bertz CT molecular complexity index is 433. The number of carboxylic acid groups (broad SMARTS) is 1. The highest BCUT2D eigenvalue weighted by Crippen LogP contribution is 2.35. The summed E-state index contributed by atoms with van der Waals surface area (Å²) >= 11 is 0. The minimum atomic E-state index is -5.06. The molecule has 15 heavy (non-hydrogen) atoms. The smallest absolute Gasteiger partial charge is 0.422 e. The Morgan fingerprint density at radius 2 is 2.07 bits per heavy atom. The summed E-state index contributed by atoms with van der Waals surface area (Å²) in [7, 11) is 0. The van der Waals surface area contributed by atoms with Crippen molar-refractivity contribution in [1.29, 1.82) is 0 Å². The third-order valence-electron chi connectivity index (χ3n) is 2.10. The van der Waals surface area contributed by atoms with Crippen molar-refractivity contribution < 1.29 is 23.1 Å². The van der Waals surface area contributed by atoms with Crippen molar-refractivity contribution in [3.8, 4) is 0 Å². The third kappa shape index (κ3) is 1.51. The Hall–Kier alpha value is -1.73. The van der Waals surface area contributed by atoms with E-state index in [2.05, 4.69) is 0 Å². The minimum absolute atomic E-state index is 0.0926. The van der Waals surface area contributed by atoms with E-state index < -0.39 is 23.4 Å². The summed E-state index contributed by atoms with van der Waals surface area (Å²) in [5.41, 5.74) is -4.39. The zero-order valence-corrected chi connectivity index (χ0v) is 7.50. The maximum Gasteiger partial charge on any atom is 0.422 e. The number of nitrogens with one attached hydrogen (secondary N) is 1. The van der Waals surface area contributed by atoms with Gasteiger partial charge in [0, 0.05) is 12.4 Å². The van der Waals surface area contributed by atoms with Crippen LogP contribution in [0, 0.1) is 0 Å². The first-order valence-electron chi connectivity index (χ1n) is 3.78. The standard InChI is InChI=1S/C7H7F3N2O3/c1-6(4(13)14,7(8,9)10)12-3-2-11-5(12)15/h2-3H,1H3,(H,11,15)(H,13,14). The fourth-order valence-corrected chi connectivity index (χ4v) is 1.03. The molecule has 84 valence electrons. The molecule has 1 atom stereocenters. The maximum atomic E-state index is 12.5. The number of aromatic nitrogens is 2. The van der Waals surface area contributed by atoms with Gasteiger partial charge in [0.15, 0.2) is 0 Å². The first kappa shape index (κ1) is 11.3. The van der Waals surface area contributed by atoms with E-state index >= 15 is 0 Å². The number of hydrogen-bond acceptors (Lipinski definition) is 2. The molecule has 0 saturated heterocycles. The molecule has 1 aromatic rings. The van der Waals surface area contributed by atoms with Gasteiger partial charge in [0.05, 0.1) is 0 Å². The van der Waals surface area contributed by atoms with Gasteiger partial charge >= 0.3 is 17.8 Å². The second-order valence-corrected chi connectivity index (χ2v) is 3.01. The summed E-state index contributed by atoms with van der Waals surface area (Å²) in [6.07, 6.45) is -3.38. The molecular weight excluding hydrogens is 217 g/mol. The lowest BCUT2D eigenvalue weighted by Gasteiger charge is -2.27. The highest BCUT2D eigenvalue weighted by molar-refractivity contribution is 5.77. The normalized spacial score (nSPS) is 16.0. The van der Waals surface area contributed by atoms with Crippen molar-refractivity contribution in [2.75, 3.05) is 0 Å². The van der Waals surface area contributed by atoms with Gasteiger partial charge in [0.2, 0.25) is 5.54 Å². The number of imidazole rings is 1. The summed E-state index contributed by atoms with van der Waals surface area (Å²) < 4.78 is 37.7. The molecule has 8 heteroatoms. The van der Waals surface area contributed by atoms with E-state index in [0.717, 1.165) is 12.4 Å². The number of carbonyl (C=O) groups is 1. The third-order valence-corrected chi connectivity index (χ3v) is 2.10. The number of carboxylic acids is 1. The number of hydrogen-bond donors (Lipinski definition) is 2. The monoisotopic (exact) mass is 224 g/mol. The lowest BCUT2D eigenvalue weighted by Crippen LogP contribution is -2.54. The molecule has 0 aliphatic rings. The Morgan fingerprint density at radius 3 is 2.33 bits per heavy atom. The first-order chi connectivity index (χ1) is 6.71. The van der Waals surface area contributed by atoms with Crippen LogP contribution in [0.25, 0.3) is 0 Å². The zero-order valence-electron chi connectivity index (χ0n) is 7.50. The van der Waals surface area contributed by atoms with Gasteiger partial charge in [-0.25, -0.2) is 9.59 Å². The quantitative estimate of drug-likeness (QED) is 0.769. The van der Waals surface area contributed by atoms with Crippen LogP contribution in [0.5, 0.6) is 0 Å². The molecule has 2 N–H and O–H groups in total. The highest BCUT2D eigenvalue weighted by Gasteiger charge is 2.59. The fraction of sp³-hybridized carbons (Fsp3) is 0.429. The molecule has 0 radical (unpaired) electrons. The highest BCUT2D eigenvalue weighted by atomic mass is 19.4. The van der Waals surface area contributed by atoms with Crippen LogP contribution < -0.4 is 5.69 Å². The summed E-state index contributed by atoms with van der Waals surface area (Å²) in [6, 6.07) is 0. The predicted molar refractivity (Wildman–Crippen MR) is 42.4 cm³/mol. The summed E-state index contributed by atoms with van der Waals surface area (Å²) in [4.78, 5) is 23.5. The maximum absolute atomic E-state index is 12.5. The summed E-state index contributed by atoms with van der Waals surface area (Å²) in [6.45, 7) is 0.421.